The van der Waals surface area contributed by atoms with Gasteiger partial charge in [0.15, 0.2) is 0 Å². The lowest BCUT2D eigenvalue weighted by Gasteiger charge is -2.12. The molecule has 0 spiro atoms. The van der Waals surface area contributed by atoms with Gasteiger partial charge in [0.1, 0.15) is 11.6 Å². The highest BCUT2D eigenvalue weighted by molar-refractivity contribution is 7.12. The topological polar surface area (TPSA) is 56.1 Å². The lowest BCUT2D eigenvalue weighted by atomic mass is 10.2. The molecule has 1 amide bonds. The van der Waals surface area contributed by atoms with Gasteiger partial charge in [-0.25, -0.2) is 4.98 Å². The predicted octanol–water partition coefficient (Wildman–Crippen LogP) is 4.85. The van der Waals surface area contributed by atoms with Gasteiger partial charge < -0.3 is 14.6 Å². The van der Waals surface area contributed by atoms with Crippen LogP contribution < -0.4 is 10.1 Å². The molecule has 1 N–H and O–H groups in total. The summed E-state index contributed by atoms with van der Waals surface area (Å²) in [6, 6.07) is 20.0. The molecule has 0 unspecified atom stereocenters. The van der Waals surface area contributed by atoms with Gasteiger partial charge in [-0.1, -0.05) is 36.4 Å². The molecule has 2 heterocycles. The van der Waals surface area contributed by atoms with Gasteiger partial charge in [-0.2, -0.15) is 0 Å². The van der Waals surface area contributed by atoms with Gasteiger partial charge in [0.2, 0.25) is 0 Å². The van der Waals surface area contributed by atoms with E-state index in [9.17, 15) is 4.79 Å². The van der Waals surface area contributed by atoms with Crippen molar-refractivity contribution in [2.24, 2.45) is 0 Å². The smallest absolute Gasteiger partial charge is 0.261 e. The first kappa shape index (κ1) is 20.2. The van der Waals surface area contributed by atoms with E-state index >= 15 is 0 Å². The minimum Gasteiger partial charge on any atom is -0.493 e. The maximum absolute atomic E-state index is 12.2. The zero-order chi connectivity index (χ0) is 20.8. The Balaban J connectivity index is 1.38. The summed E-state index contributed by atoms with van der Waals surface area (Å²) in [7, 11) is 0. The summed E-state index contributed by atoms with van der Waals surface area (Å²) < 4.78 is 8.20. The summed E-state index contributed by atoms with van der Waals surface area (Å²) in [5.74, 6) is 1.89. The van der Waals surface area contributed by atoms with E-state index < -0.39 is 0 Å². The van der Waals surface area contributed by atoms with Gasteiger partial charge in [0, 0.05) is 19.5 Å². The lowest BCUT2D eigenvalue weighted by molar-refractivity contribution is 0.0958. The number of hydrogen-bond donors (Lipinski definition) is 1. The molecule has 0 radical (unpaired) electrons. The Hall–Kier alpha value is -3.12. The second kappa shape index (κ2) is 9.59. The number of rotatable bonds is 9. The summed E-state index contributed by atoms with van der Waals surface area (Å²) in [5.41, 5.74) is 3.25. The predicted molar refractivity (Wildman–Crippen MR) is 121 cm³/mol. The van der Waals surface area contributed by atoms with Crippen molar-refractivity contribution >= 4 is 28.3 Å². The molecule has 0 saturated heterocycles. The van der Waals surface area contributed by atoms with Gasteiger partial charge in [-0.05, 0) is 48.6 Å². The molecule has 5 nitrogen and oxygen atoms in total. The highest BCUT2D eigenvalue weighted by Gasteiger charge is 2.12. The zero-order valence-electron chi connectivity index (χ0n) is 17.0. The SMILES string of the molecule is Cc1ccccc1OCCCn1c(CCNC(=O)c2cccs2)nc2ccccc21. The van der Waals surface area contributed by atoms with Crippen molar-refractivity contribution in [3.8, 4) is 5.75 Å². The normalized spacial score (nSPS) is 11.0. The minimum atomic E-state index is -0.0284. The molecule has 30 heavy (non-hydrogen) atoms. The van der Waals surface area contributed by atoms with E-state index in [1.807, 2.05) is 53.9 Å². The quantitative estimate of drug-likeness (QED) is 0.395. The third-order valence-corrected chi connectivity index (χ3v) is 5.86. The van der Waals surface area contributed by atoms with Crippen LogP contribution in [-0.4, -0.2) is 28.6 Å². The number of hydrogen-bond acceptors (Lipinski definition) is 4. The van der Waals surface area contributed by atoms with E-state index in [1.54, 1.807) is 0 Å². The first-order valence-electron chi connectivity index (χ1n) is 10.2. The number of benzene rings is 2. The van der Waals surface area contributed by atoms with Crippen LogP contribution in [0.15, 0.2) is 66.0 Å². The molecule has 4 rings (SSSR count). The van der Waals surface area contributed by atoms with Crippen LogP contribution in [0.1, 0.15) is 27.5 Å². The van der Waals surface area contributed by atoms with Crippen LogP contribution in [0.25, 0.3) is 11.0 Å². The average Bonchev–Trinajstić information content (AvgIpc) is 3.41. The Kier molecular flexibility index (Phi) is 6.44. The van der Waals surface area contributed by atoms with E-state index in [4.69, 9.17) is 9.72 Å². The Morgan fingerprint density at radius 1 is 1.10 bits per heavy atom. The second-order valence-corrected chi connectivity index (χ2v) is 8.07. The molecule has 154 valence electrons. The highest BCUT2D eigenvalue weighted by atomic mass is 32.1. The van der Waals surface area contributed by atoms with Crippen molar-refractivity contribution in [1.29, 1.82) is 0 Å². The van der Waals surface area contributed by atoms with Crippen LogP contribution >= 0.6 is 11.3 Å². The summed E-state index contributed by atoms with van der Waals surface area (Å²) >= 11 is 1.45. The molecule has 4 aromatic rings. The fourth-order valence-corrected chi connectivity index (χ4v) is 4.11. The molecule has 2 aromatic heterocycles. The zero-order valence-corrected chi connectivity index (χ0v) is 17.8. The number of fused-ring (bicyclic) bond motifs is 1. The summed E-state index contributed by atoms with van der Waals surface area (Å²) in [4.78, 5) is 17.7. The van der Waals surface area contributed by atoms with E-state index in [-0.39, 0.29) is 5.91 Å². The first-order valence-corrected chi connectivity index (χ1v) is 11.0. The Morgan fingerprint density at radius 3 is 2.77 bits per heavy atom. The number of imidazole rings is 1. The molecular formula is C24H25N3O2S. The fraction of sp³-hybridized carbons (Fsp3) is 0.250. The van der Waals surface area contributed by atoms with Crippen LogP contribution in [0.5, 0.6) is 5.75 Å². The highest BCUT2D eigenvalue weighted by Crippen LogP contribution is 2.19. The number of nitrogens with zero attached hydrogens (tertiary/aromatic N) is 2. The molecule has 6 heteroatoms. The van der Waals surface area contributed by atoms with Crippen LogP contribution in [0.4, 0.5) is 0 Å². The molecule has 0 saturated carbocycles. The van der Waals surface area contributed by atoms with Gasteiger partial charge in [-0.15, -0.1) is 11.3 Å². The van der Waals surface area contributed by atoms with Crippen LogP contribution in [0, 0.1) is 6.92 Å². The number of aromatic nitrogens is 2. The minimum absolute atomic E-state index is 0.0284. The molecule has 0 bridgehead atoms. The van der Waals surface area contributed by atoms with Crippen LogP contribution in [-0.2, 0) is 13.0 Å². The van der Waals surface area contributed by atoms with E-state index in [2.05, 4.69) is 28.9 Å². The molecule has 0 atom stereocenters. The van der Waals surface area contributed by atoms with Crippen LogP contribution in [0.3, 0.4) is 0 Å². The number of nitrogens with one attached hydrogen (secondary N) is 1. The fourth-order valence-electron chi connectivity index (χ4n) is 3.47. The van der Waals surface area contributed by atoms with Crippen molar-refractivity contribution in [2.75, 3.05) is 13.2 Å². The maximum Gasteiger partial charge on any atom is 0.261 e. The summed E-state index contributed by atoms with van der Waals surface area (Å²) in [6.45, 7) is 4.08. The van der Waals surface area contributed by atoms with E-state index in [0.29, 0.717) is 19.6 Å². The number of para-hydroxylation sites is 3. The third kappa shape index (κ3) is 4.71. The molecule has 0 aliphatic heterocycles. The van der Waals surface area contributed by atoms with Gasteiger partial charge in [0.25, 0.3) is 5.91 Å². The Labute approximate surface area is 180 Å². The monoisotopic (exact) mass is 419 g/mol. The number of ether oxygens (including phenoxy) is 1. The Morgan fingerprint density at radius 2 is 1.93 bits per heavy atom. The number of aryl methyl sites for hydroxylation is 2. The summed E-state index contributed by atoms with van der Waals surface area (Å²) in [6.07, 6.45) is 1.56. The van der Waals surface area contributed by atoms with Gasteiger partial charge >= 0.3 is 0 Å². The standard InChI is InChI=1S/C24H25N3O2S/c1-18-8-2-5-11-21(18)29-16-7-15-27-20-10-4-3-9-19(20)26-23(27)13-14-25-24(28)22-12-6-17-30-22/h2-6,8-12,17H,7,13-16H2,1H3,(H,25,28). The van der Waals surface area contributed by atoms with Crippen molar-refractivity contribution in [2.45, 2.75) is 26.3 Å². The van der Waals surface area contributed by atoms with Crippen molar-refractivity contribution in [3.05, 3.63) is 82.3 Å². The average molecular weight is 420 g/mol. The molecule has 0 aliphatic carbocycles. The second-order valence-electron chi connectivity index (χ2n) is 7.12. The molecule has 0 fully saturated rings. The lowest BCUT2D eigenvalue weighted by Crippen LogP contribution is -2.25. The van der Waals surface area contributed by atoms with Gasteiger partial charge in [-0.3, -0.25) is 4.79 Å². The largest absolute Gasteiger partial charge is 0.493 e. The van der Waals surface area contributed by atoms with Crippen LogP contribution in [0.2, 0.25) is 0 Å². The number of thiophene rings is 1. The maximum atomic E-state index is 12.2. The van der Waals surface area contributed by atoms with Crippen molar-refractivity contribution < 1.29 is 9.53 Å². The molecule has 0 aliphatic rings. The number of carbonyl (C=O) groups is 1. The van der Waals surface area contributed by atoms with Crippen molar-refractivity contribution in [1.82, 2.24) is 14.9 Å². The molecular weight excluding hydrogens is 394 g/mol. The van der Waals surface area contributed by atoms with Gasteiger partial charge in [0.05, 0.1) is 22.5 Å². The first-order chi connectivity index (χ1) is 14.7. The summed E-state index contributed by atoms with van der Waals surface area (Å²) in [5, 5.41) is 4.90. The van der Waals surface area contributed by atoms with E-state index in [0.717, 1.165) is 46.0 Å². The third-order valence-electron chi connectivity index (χ3n) is 4.99. The molecule has 2 aromatic carbocycles. The number of amides is 1. The van der Waals surface area contributed by atoms with Crippen molar-refractivity contribution in [3.63, 3.8) is 0 Å². The van der Waals surface area contributed by atoms with E-state index in [1.165, 1.54) is 11.3 Å². The number of carbonyl (C=O) groups excluding carboxylic acids is 1. The Bertz CT molecular complexity index is 1120.